The summed E-state index contributed by atoms with van der Waals surface area (Å²) in [5, 5.41) is 2.98. The summed E-state index contributed by atoms with van der Waals surface area (Å²) in [6.07, 6.45) is 0.735. The molecule has 0 aromatic heterocycles. The van der Waals surface area contributed by atoms with Crippen molar-refractivity contribution in [1.82, 2.24) is 10.2 Å². The van der Waals surface area contributed by atoms with Gasteiger partial charge in [-0.05, 0) is 24.1 Å². The SMILES string of the molecule is COCCCNC(=O)[C@H]1CN(C(=O)C(C)C)C[C@@H]1c1cc(OC)c(OC)c(OC)c1. The number of nitrogens with one attached hydrogen (secondary N) is 1. The molecule has 0 saturated carbocycles. The first-order valence-corrected chi connectivity index (χ1v) is 10.2. The normalized spacial score (nSPS) is 18.4. The first kappa shape index (κ1) is 23.8. The van der Waals surface area contributed by atoms with Crippen LogP contribution in [0.5, 0.6) is 17.2 Å². The summed E-state index contributed by atoms with van der Waals surface area (Å²) in [5.41, 5.74) is 0.876. The maximum atomic E-state index is 13.0. The number of ether oxygens (including phenoxy) is 4. The molecular formula is C22H34N2O6. The lowest BCUT2D eigenvalue weighted by molar-refractivity contribution is -0.133. The van der Waals surface area contributed by atoms with Gasteiger partial charge < -0.3 is 29.2 Å². The van der Waals surface area contributed by atoms with Crippen molar-refractivity contribution in [3.05, 3.63) is 17.7 Å². The molecule has 0 radical (unpaired) electrons. The van der Waals surface area contributed by atoms with Crippen LogP contribution in [0.4, 0.5) is 0 Å². The summed E-state index contributed by atoms with van der Waals surface area (Å²) in [6, 6.07) is 3.72. The van der Waals surface area contributed by atoms with Gasteiger partial charge in [0.25, 0.3) is 0 Å². The van der Waals surface area contributed by atoms with E-state index in [1.54, 1.807) is 33.3 Å². The molecule has 1 aliphatic rings. The molecule has 8 nitrogen and oxygen atoms in total. The topological polar surface area (TPSA) is 86.3 Å². The summed E-state index contributed by atoms with van der Waals surface area (Å²) in [6.45, 7) is 5.70. The Balaban J connectivity index is 2.35. The Bertz CT molecular complexity index is 711. The third kappa shape index (κ3) is 5.36. The van der Waals surface area contributed by atoms with Gasteiger partial charge in [-0.25, -0.2) is 0 Å². The van der Waals surface area contributed by atoms with Gasteiger partial charge in [0.2, 0.25) is 17.6 Å². The number of carbonyl (C=O) groups is 2. The van der Waals surface area contributed by atoms with Gasteiger partial charge in [-0.2, -0.15) is 0 Å². The molecule has 1 aliphatic heterocycles. The molecule has 1 aromatic rings. The number of carbonyl (C=O) groups excluding carboxylic acids is 2. The number of hydrogen-bond donors (Lipinski definition) is 1. The third-order valence-electron chi connectivity index (χ3n) is 5.40. The van der Waals surface area contributed by atoms with Gasteiger partial charge in [0.1, 0.15) is 0 Å². The lowest BCUT2D eigenvalue weighted by Gasteiger charge is -2.21. The molecule has 1 heterocycles. The van der Waals surface area contributed by atoms with Crippen LogP contribution in [-0.2, 0) is 14.3 Å². The second-order valence-corrected chi connectivity index (χ2v) is 7.71. The molecule has 2 rings (SSSR count). The minimum atomic E-state index is -0.363. The Morgan fingerprint density at radius 2 is 1.70 bits per heavy atom. The summed E-state index contributed by atoms with van der Waals surface area (Å²) in [4.78, 5) is 27.4. The fraction of sp³-hybridized carbons (Fsp3) is 0.636. The fourth-order valence-corrected chi connectivity index (χ4v) is 3.83. The average Bonchev–Trinajstić information content (AvgIpc) is 3.20. The summed E-state index contributed by atoms with van der Waals surface area (Å²) in [5.74, 6) is 0.860. The minimum Gasteiger partial charge on any atom is -0.493 e. The van der Waals surface area contributed by atoms with E-state index in [0.717, 1.165) is 12.0 Å². The highest BCUT2D eigenvalue weighted by Gasteiger charge is 2.41. The molecule has 1 N–H and O–H groups in total. The number of methoxy groups -OCH3 is 4. The number of nitrogens with zero attached hydrogens (tertiary/aromatic N) is 1. The number of likely N-dealkylation sites (tertiary alicyclic amines) is 1. The van der Waals surface area contributed by atoms with Crippen molar-refractivity contribution < 1.29 is 28.5 Å². The van der Waals surface area contributed by atoms with Gasteiger partial charge in [0, 0.05) is 45.2 Å². The molecule has 0 spiro atoms. The van der Waals surface area contributed by atoms with Crippen LogP contribution in [0.1, 0.15) is 31.7 Å². The molecule has 2 atom stereocenters. The van der Waals surface area contributed by atoms with E-state index in [-0.39, 0.29) is 29.6 Å². The van der Waals surface area contributed by atoms with E-state index in [4.69, 9.17) is 18.9 Å². The molecule has 8 heteroatoms. The molecule has 0 unspecified atom stereocenters. The standard InChI is InChI=1S/C22H34N2O6/c1-14(2)22(26)24-12-16(17(13-24)21(25)23-8-7-9-27-3)15-10-18(28-4)20(30-6)19(11-15)29-5/h10-11,14,16-17H,7-9,12-13H2,1-6H3,(H,23,25)/t16-,17+/m1/s1. The van der Waals surface area contributed by atoms with Crippen LogP contribution < -0.4 is 19.5 Å². The van der Waals surface area contributed by atoms with Gasteiger partial charge in [-0.15, -0.1) is 0 Å². The molecule has 30 heavy (non-hydrogen) atoms. The predicted octanol–water partition coefficient (Wildman–Crippen LogP) is 2.06. The van der Waals surface area contributed by atoms with Crippen molar-refractivity contribution >= 4 is 11.8 Å². The van der Waals surface area contributed by atoms with E-state index in [1.807, 2.05) is 26.0 Å². The molecule has 2 amide bonds. The third-order valence-corrected chi connectivity index (χ3v) is 5.40. The van der Waals surface area contributed by atoms with E-state index < -0.39 is 0 Å². The highest BCUT2D eigenvalue weighted by atomic mass is 16.5. The van der Waals surface area contributed by atoms with Crippen molar-refractivity contribution in [3.8, 4) is 17.2 Å². The highest BCUT2D eigenvalue weighted by molar-refractivity contribution is 5.84. The van der Waals surface area contributed by atoms with Crippen molar-refractivity contribution in [2.45, 2.75) is 26.2 Å². The summed E-state index contributed by atoms with van der Waals surface area (Å²) < 4.78 is 21.4. The van der Waals surface area contributed by atoms with Crippen LogP contribution in [-0.4, -0.2) is 71.4 Å². The maximum absolute atomic E-state index is 13.0. The Hall–Kier alpha value is -2.48. The monoisotopic (exact) mass is 422 g/mol. The van der Waals surface area contributed by atoms with Crippen molar-refractivity contribution in [2.24, 2.45) is 11.8 Å². The lowest BCUT2D eigenvalue weighted by Crippen LogP contribution is -2.37. The van der Waals surface area contributed by atoms with Gasteiger partial charge in [0.15, 0.2) is 11.5 Å². The van der Waals surface area contributed by atoms with Gasteiger partial charge in [0.05, 0.1) is 27.2 Å². The smallest absolute Gasteiger partial charge is 0.225 e. The highest BCUT2D eigenvalue weighted by Crippen LogP contribution is 2.43. The van der Waals surface area contributed by atoms with Crippen LogP contribution in [0.25, 0.3) is 0 Å². The van der Waals surface area contributed by atoms with E-state index in [2.05, 4.69) is 5.32 Å². The molecule has 1 aromatic carbocycles. The number of hydrogen-bond acceptors (Lipinski definition) is 6. The first-order chi connectivity index (χ1) is 14.4. The second kappa shape index (κ2) is 11.1. The van der Waals surface area contributed by atoms with Gasteiger partial charge >= 0.3 is 0 Å². The summed E-state index contributed by atoms with van der Waals surface area (Å²) >= 11 is 0. The zero-order chi connectivity index (χ0) is 22.3. The predicted molar refractivity (Wildman–Crippen MR) is 113 cm³/mol. The van der Waals surface area contributed by atoms with Crippen molar-refractivity contribution in [1.29, 1.82) is 0 Å². The van der Waals surface area contributed by atoms with Crippen molar-refractivity contribution in [3.63, 3.8) is 0 Å². The Kier molecular flexibility index (Phi) is 8.77. The van der Waals surface area contributed by atoms with Crippen LogP contribution in [0.15, 0.2) is 12.1 Å². The van der Waals surface area contributed by atoms with Crippen LogP contribution in [0, 0.1) is 11.8 Å². The molecule has 0 aliphatic carbocycles. The van der Waals surface area contributed by atoms with E-state index in [0.29, 0.717) is 43.5 Å². The Morgan fingerprint density at radius 3 is 2.20 bits per heavy atom. The lowest BCUT2D eigenvalue weighted by atomic mass is 9.88. The molecular weight excluding hydrogens is 388 g/mol. The van der Waals surface area contributed by atoms with Crippen LogP contribution in [0.3, 0.4) is 0 Å². The van der Waals surface area contributed by atoms with Gasteiger partial charge in [-0.1, -0.05) is 13.8 Å². The zero-order valence-electron chi connectivity index (χ0n) is 18.8. The largest absolute Gasteiger partial charge is 0.493 e. The van der Waals surface area contributed by atoms with E-state index >= 15 is 0 Å². The second-order valence-electron chi connectivity index (χ2n) is 7.71. The molecule has 168 valence electrons. The molecule has 0 bridgehead atoms. The van der Waals surface area contributed by atoms with Crippen LogP contribution in [0.2, 0.25) is 0 Å². The maximum Gasteiger partial charge on any atom is 0.225 e. The average molecular weight is 423 g/mol. The number of benzene rings is 1. The number of rotatable bonds is 10. The Labute approximate surface area is 178 Å². The van der Waals surface area contributed by atoms with Gasteiger partial charge in [-0.3, -0.25) is 9.59 Å². The van der Waals surface area contributed by atoms with E-state index in [9.17, 15) is 9.59 Å². The fourth-order valence-electron chi connectivity index (χ4n) is 3.83. The van der Waals surface area contributed by atoms with Crippen molar-refractivity contribution in [2.75, 3.05) is 54.7 Å². The zero-order valence-corrected chi connectivity index (χ0v) is 18.8. The van der Waals surface area contributed by atoms with E-state index in [1.165, 1.54) is 0 Å². The first-order valence-electron chi connectivity index (χ1n) is 10.2. The summed E-state index contributed by atoms with van der Waals surface area (Å²) in [7, 11) is 6.30. The molecule has 1 fully saturated rings. The molecule has 1 saturated heterocycles. The Morgan fingerprint density at radius 1 is 1.07 bits per heavy atom. The quantitative estimate of drug-likeness (QED) is 0.581. The number of amides is 2. The van der Waals surface area contributed by atoms with Crippen LogP contribution >= 0.6 is 0 Å². The minimum absolute atomic E-state index is 0.0436.